The molecule has 28 heavy (non-hydrogen) atoms. The van der Waals surface area contributed by atoms with Crippen LogP contribution in [-0.2, 0) is 19.4 Å². The summed E-state index contributed by atoms with van der Waals surface area (Å²) in [4.78, 5) is 16.6. The third kappa shape index (κ3) is 4.06. The van der Waals surface area contributed by atoms with Crippen molar-refractivity contribution in [3.05, 3.63) is 65.5 Å². The Labute approximate surface area is 165 Å². The SMILES string of the molecule is Cc1cccc(NC(=O)NCCn2nc(-c3ccccn3)c3c2CCCC3)c1. The van der Waals surface area contributed by atoms with Crippen LogP contribution in [-0.4, -0.2) is 27.3 Å². The molecule has 1 aromatic carbocycles. The summed E-state index contributed by atoms with van der Waals surface area (Å²) in [5.74, 6) is 0. The maximum Gasteiger partial charge on any atom is 0.319 e. The molecule has 0 bridgehead atoms. The van der Waals surface area contributed by atoms with Crippen molar-refractivity contribution in [3.63, 3.8) is 0 Å². The number of nitrogens with zero attached hydrogens (tertiary/aromatic N) is 3. The molecule has 6 nitrogen and oxygen atoms in total. The van der Waals surface area contributed by atoms with Crippen LogP contribution in [0.2, 0.25) is 0 Å². The highest BCUT2D eigenvalue weighted by Crippen LogP contribution is 2.30. The number of rotatable bonds is 5. The van der Waals surface area contributed by atoms with Gasteiger partial charge in [0.1, 0.15) is 5.69 Å². The highest BCUT2D eigenvalue weighted by atomic mass is 16.2. The minimum atomic E-state index is -0.198. The molecule has 2 heterocycles. The summed E-state index contributed by atoms with van der Waals surface area (Å²) in [5.41, 5.74) is 6.42. The van der Waals surface area contributed by atoms with E-state index in [-0.39, 0.29) is 6.03 Å². The van der Waals surface area contributed by atoms with Crippen LogP contribution in [0.4, 0.5) is 10.5 Å². The van der Waals surface area contributed by atoms with E-state index >= 15 is 0 Å². The van der Waals surface area contributed by atoms with E-state index in [0.29, 0.717) is 13.1 Å². The molecule has 6 heteroatoms. The first-order valence-corrected chi connectivity index (χ1v) is 9.82. The van der Waals surface area contributed by atoms with Crippen LogP contribution in [0, 0.1) is 6.92 Å². The van der Waals surface area contributed by atoms with Crippen LogP contribution in [0.5, 0.6) is 0 Å². The number of amides is 2. The molecule has 0 saturated carbocycles. The predicted octanol–water partition coefficient (Wildman–Crippen LogP) is 3.95. The van der Waals surface area contributed by atoms with Crippen LogP contribution in [0.3, 0.4) is 0 Å². The lowest BCUT2D eigenvalue weighted by Crippen LogP contribution is -2.32. The van der Waals surface area contributed by atoms with E-state index in [1.54, 1.807) is 6.20 Å². The Morgan fingerprint density at radius 1 is 1.14 bits per heavy atom. The normalized spacial score (nSPS) is 13.0. The van der Waals surface area contributed by atoms with Gasteiger partial charge < -0.3 is 10.6 Å². The van der Waals surface area contributed by atoms with Gasteiger partial charge in [0.2, 0.25) is 0 Å². The zero-order valence-corrected chi connectivity index (χ0v) is 16.1. The number of fused-ring (bicyclic) bond motifs is 1. The van der Waals surface area contributed by atoms with Crippen molar-refractivity contribution in [3.8, 4) is 11.4 Å². The van der Waals surface area contributed by atoms with Gasteiger partial charge in [0.05, 0.1) is 12.2 Å². The maximum atomic E-state index is 12.2. The number of urea groups is 1. The van der Waals surface area contributed by atoms with Gasteiger partial charge in [-0.3, -0.25) is 9.67 Å². The molecule has 2 N–H and O–H groups in total. The molecule has 4 rings (SSSR count). The summed E-state index contributed by atoms with van der Waals surface area (Å²) in [5, 5.41) is 10.6. The molecular formula is C22H25N5O. The monoisotopic (exact) mass is 375 g/mol. The Hall–Kier alpha value is -3.15. The van der Waals surface area contributed by atoms with Gasteiger partial charge in [-0.25, -0.2) is 4.79 Å². The van der Waals surface area contributed by atoms with Gasteiger partial charge in [0.15, 0.2) is 0 Å². The predicted molar refractivity (Wildman–Crippen MR) is 110 cm³/mol. The highest BCUT2D eigenvalue weighted by molar-refractivity contribution is 5.89. The summed E-state index contributed by atoms with van der Waals surface area (Å²) in [7, 11) is 0. The number of pyridine rings is 1. The summed E-state index contributed by atoms with van der Waals surface area (Å²) >= 11 is 0. The minimum Gasteiger partial charge on any atom is -0.336 e. The smallest absolute Gasteiger partial charge is 0.319 e. The number of anilines is 1. The van der Waals surface area contributed by atoms with Crippen molar-refractivity contribution in [1.82, 2.24) is 20.1 Å². The summed E-state index contributed by atoms with van der Waals surface area (Å²) in [6.07, 6.45) is 6.26. The fourth-order valence-corrected chi connectivity index (χ4v) is 3.74. The molecule has 0 atom stereocenters. The first kappa shape index (κ1) is 18.2. The van der Waals surface area contributed by atoms with E-state index in [2.05, 4.69) is 15.6 Å². The molecule has 0 fully saturated rings. The molecule has 2 aromatic heterocycles. The minimum absolute atomic E-state index is 0.198. The molecule has 144 valence electrons. The number of carbonyl (C=O) groups is 1. The zero-order valence-electron chi connectivity index (χ0n) is 16.1. The van der Waals surface area contributed by atoms with E-state index in [9.17, 15) is 4.79 Å². The fraction of sp³-hybridized carbons (Fsp3) is 0.318. The van der Waals surface area contributed by atoms with E-state index in [0.717, 1.165) is 35.5 Å². The lowest BCUT2D eigenvalue weighted by molar-refractivity contribution is 0.251. The van der Waals surface area contributed by atoms with Gasteiger partial charge in [-0.1, -0.05) is 18.2 Å². The molecule has 0 unspecified atom stereocenters. The molecule has 0 saturated heterocycles. The molecule has 0 radical (unpaired) electrons. The number of hydrogen-bond donors (Lipinski definition) is 2. The molecule has 2 amide bonds. The maximum absolute atomic E-state index is 12.2. The average molecular weight is 375 g/mol. The van der Waals surface area contributed by atoms with Gasteiger partial charge in [-0.05, 0) is 62.4 Å². The van der Waals surface area contributed by atoms with Crippen molar-refractivity contribution < 1.29 is 4.79 Å². The van der Waals surface area contributed by atoms with E-state index in [1.807, 2.05) is 54.1 Å². The lowest BCUT2D eigenvalue weighted by Gasteiger charge is -2.14. The Kier molecular flexibility index (Phi) is 5.37. The number of hydrogen-bond acceptors (Lipinski definition) is 3. The Balaban J connectivity index is 1.42. The van der Waals surface area contributed by atoms with E-state index < -0.39 is 0 Å². The van der Waals surface area contributed by atoms with Gasteiger partial charge in [-0.15, -0.1) is 0 Å². The quantitative estimate of drug-likeness (QED) is 0.709. The molecule has 3 aromatic rings. The second-order valence-corrected chi connectivity index (χ2v) is 7.17. The average Bonchev–Trinajstić information content (AvgIpc) is 3.08. The number of benzene rings is 1. The standard InChI is InChI=1S/C22H25N5O/c1-16-7-6-8-17(15-16)25-22(28)24-13-14-27-20-11-3-2-9-18(20)21(26-27)19-10-4-5-12-23-19/h4-8,10,12,15H,2-3,9,11,13-14H2,1H3,(H2,24,25,28). The van der Waals surface area contributed by atoms with E-state index in [1.165, 1.54) is 24.1 Å². The lowest BCUT2D eigenvalue weighted by atomic mass is 9.95. The third-order valence-corrected chi connectivity index (χ3v) is 5.05. The first-order chi connectivity index (χ1) is 13.7. The topological polar surface area (TPSA) is 71.8 Å². The van der Waals surface area contributed by atoms with E-state index in [4.69, 9.17) is 5.10 Å². The molecule has 0 spiro atoms. The van der Waals surface area contributed by atoms with Gasteiger partial charge in [-0.2, -0.15) is 5.10 Å². The van der Waals surface area contributed by atoms with Crippen LogP contribution in [0.25, 0.3) is 11.4 Å². The third-order valence-electron chi connectivity index (χ3n) is 5.05. The second-order valence-electron chi connectivity index (χ2n) is 7.17. The number of carbonyl (C=O) groups excluding carboxylic acids is 1. The van der Waals surface area contributed by atoms with Crippen LogP contribution < -0.4 is 10.6 Å². The molecule has 1 aliphatic rings. The Morgan fingerprint density at radius 2 is 2.04 bits per heavy atom. The zero-order chi connectivity index (χ0) is 19.3. The van der Waals surface area contributed by atoms with Crippen LogP contribution >= 0.6 is 0 Å². The summed E-state index contributed by atoms with van der Waals surface area (Å²) < 4.78 is 2.05. The number of aryl methyl sites for hydroxylation is 1. The van der Waals surface area contributed by atoms with Gasteiger partial charge in [0, 0.05) is 29.7 Å². The second kappa shape index (κ2) is 8.25. The van der Waals surface area contributed by atoms with Crippen molar-refractivity contribution in [2.24, 2.45) is 0 Å². The molecule has 0 aliphatic heterocycles. The van der Waals surface area contributed by atoms with Crippen molar-refractivity contribution in [2.45, 2.75) is 39.2 Å². The Bertz CT molecular complexity index is 964. The number of aromatic nitrogens is 3. The van der Waals surface area contributed by atoms with Gasteiger partial charge >= 0.3 is 6.03 Å². The van der Waals surface area contributed by atoms with Gasteiger partial charge in [0.25, 0.3) is 0 Å². The summed E-state index contributed by atoms with van der Waals surface area (Å²) in [6, 6.07) is 13.5. The summed E-state index contributed by atoms with van der Waals surface area (Å²) in [6.45, 7) is 3.17. The van der Waals surface area contributed by atoms with Crippen molar-refractivity contribution >= 4 is 11.7 Å². The highest BCUT2D eigenvalue weighted by Gasteiger charge is 2.22. The fourth-order valence-electron chi connectivity index (χ4n) is 3.74. The van der Waals surface area contributed by atoms with Crippen molar-refractivity contribution in [1.29, 1.82) is 0 Å². The Morgan fingerprint density at radius 3 is 2.86 bits per heavy atom. The largest absolute Gasteiger partial charge is 0.336 e. The molecule has 1 aliphatic carbocycles. The molecular weight excluding hydrogens is 350 g/mol. The van der Waals surface area contributed by atoms with Crippen LogP contribution in [0.1, 0.15) is 29.7 Å². The number of nitrogens with one attached hydrogen (secondary N) is 2. The first-order valence-electron chi connectivity index (χ1n) is 9.82. The van der Waals surface area contributed by atoms with Crippen molar-refractivity contribution in [2.75, 3.05) is 11.9 Å². The van der Waals surface area contributed by atoms with Crippen LogP contribution in [0.15, 0.2) is 48.7 Å².